The van der Waals surface area contributed by atoms with Crippen LogP contribution in [0.3, 0.4) is 0 Å². The van der Waals surface area contributed by atoms with Gasteiger partial charge in [0.25, 0.3) is 0 Å². The molecule has 0 heterocycles. The third kappa shape index (κ3) is 49.6. The number of allylic oxidation sites excluding steroid dienone is 16. The normalized spacial score (nSPS) is 16.3. The maximum Gasteiger partial charge on any atom is 0.119 e. The highest BCUT2D eigenvalue weighted by molar-refractivity contribution is 5.05. The maximum atomic E-state index is 12.6. The van der Waals surface area contributed by atoms with Crippen LogP contribution in [0.1, 0.15) is 367 Å². The molecule has 6 nitrogen and oxygen atoms in total. The minimum atomic E-state index is -2.06. The van der Waals surface area contributed by atoms with Crippen molar-refractivity contribution >= 4 is 0 Å². The number of aliphatic hydroxyl groups excluding tert-OH is 4. The predicted molar refractivity (Wildman–Crippen MR) is 370 cm³/mol. The molecule has 0 bridgehead atoms. The van der Waals surface area contributed by atoms with Gasteiger partial charge in [-0.3, -0.25) is 0 Å². The van der Waals surface area contributed by atoms with Crippen molar-refractivity contribution in [2.24, 2.45) is 0 Å². The summed E-state index contributed by atoms with van der Waals surface area (Å²) < 4.78 is 29.1. The smallest absolute Gasteiger partial charge is 0.119 e. The first kappa shape index (κ1) is 74.1. The topological polar surface area (TPSA) is 121 Å². The Balaban J connectivity index is 5.73. The fourth-order valence-corrected chi connectivity index (χ4v) is 11.2. The van der Waals surface area contributed by atoms with Crippen LogP contribution >= 0.6 is 0 Å². The molecule has 0 spiro atoms. The molecule has 0 aromatic carbocycles. The predicted octanol–water partition coefficient (Wildman–Crippen LogP) is 22.7. The number of unbranched alkanes of at least 4 members (excludes halogenated alkanes) is 36. The number of rotatable bonds is 65. The third-order valence-electron chi connectivity index (χ3n) is 17.0. The van der Waals surface area contributed by atoms with Crippen LogP contribution in [0.5, 0.6) is 0 Å². The van der Waals surface area contributed by atoms with Gasteiger partial charge < -0.3 is 30.6 Å². The van der Waals surface area contributed by atoms with E-state index < -0.39 is 35.6 Å². The van der Waals surface area contributed by atoms with Crippen molar-refractivity contribution in [2.75, 3.05) is 0 Å². The van der Waals surface area contributed by atoms with Crippen molar-refractivity contribution in [3.8, 4) is 0 Å². The van der Waals surface area contributed by atoms with Crippen molar-refractivity contribution in [2.45, 2.75) is 397 Å². The van der Waals surface area contributed by atoms with Crippen molar-refractivity contribution < 1.29 is 36.1 Å². The molecule has 6 N–H and O–H groups in total. The van der Waals surface area contributed by atoms with E-state index in [0.717, 1.165) is 270 Å². The van der Waals surface area contributed by atoms with E-state index in [2.05, 4.69) is 97.2 Å². The van der Waals surface area contributed by atoms with Crippen LogP contribution in [-0.2, 0) is 0 Å². The summed E-state index contributed by atoms with van der Waals surface area (Å²) >= 11 is 0. The van der Waals surface area contributed by atoms with Crippen LogP contribution in [0.4, 0.5) is 0 Å². The average Bonchev–Trinajstić information content (AvgIpc) is 1.71. The van der Waals surface area contributed by atoms with Gasteiger partial charge in [0.1, 0.15) is 23.4 Å². The molecule has 6 atom stereocenters. The summed E-state index contributed by atoms with van der Waals surface area (Å²) in [6.07, 6.45) is 79.3. The van der Waals surface area contributed by atoms with Crippen LogP contribution in [0.15, 0.2) is 97.2 Å². The zero-order chi connectivity index (χ0) is 64.2. The van der Waals surface area contributed by atoms with Gasteiger partial charge in [0.2, 0.25) is 0 Å². The van der Waals surface area contributed by atoms with E-state index in [0.29, 0.717) is 53.3 Å². The van der Waals surface area contributed by atoms with Gasteiger partial charge in [0, 0.05) is 5.48 Å². The van der Waals surface area contributed by atoms with Crippen LogP contribution in [-0.4, -0.2) is 66.3 Å². The summed E-state index contributed by atoms with van der Waals surface area (Å²) in [6, 6.07) is 0. The van der Waals surface area contributed by atoms with E-state index in [1.165, 1.54) is 12.8 Å². The Hall–Kier alpha value is -2.32. The van der Waals surface area contributed by atoms with Crippen molar-refractivity contribution in [3.63, 3.8) is 0 Å². The molecule has 0 aliphatic heterocycles. The van der Waals surface area contributed by atoms with Gasteiger partial charge in [-0.1, -0.05) is 305 Å². The molecular formula is C78H142O6. The molecule has 0 saturated carbocycles. The zero-order valence-electron chi connectivity index (χ0n) is 58.8. The number of hydrogen-bond acceptors (Lipinski definition) is 6. The Morgan fingerprint density at radius 3 is 0.667 bits per heavy atom. The molecule has 0 aromatic heterocycles. The van der Waals surface area contributed by atoms with E-state index in [-0.39, 0.29) is 25.7 Å². The quantitative estimate of drug-likeness (QED) is 0.0267. The first-order valence-corrected chi connectivity index (χ1v) is 35.7. The zero-order valence-corrected chi connectivity index (χ0v) is 54.8. The second-order valence-corrected chi connectivity index (χ2v) is 24.7. The Morgan fingerprint density at radius 1 is 0.250 bits per heavy atom. The van der Waals surface area contributed by atoms with Crippen LogP contribution < -0.4 is 0 Å². The summed E-state index contributed by atoms with van der Waals surface area (Å²) in [5, 5.41) is 73.5. The van der Waals surface area contributed by atoms with Gasteiger partial charge in [-0.15, -0.1) is 0 Å². The minimum Gasteiger partial charge on any atom is -0.390 e. The first-order valence-electron chi connectivity index (χ1n) is 38.5. The van der Waals surface area contributed by atoms with Gasteiger partial charge in [0.15, 0.2) is 0 Å². The molecule has 0 rings (SSSR count). The lowest BCUT2D eigenvalue weighted by Gasteiger charge is -2.46. The number of hydrogen-bond donors (Lipinski definition) is 6. The molecule has 6 heteroatoms. The molecule has 84 heavy (non-hydrogen) atoms. The van der Waals surface area contributed by atoms with Crippen molar-refractivity contribution in [1.82, 2.24) is 0 Å². The molecule has 0 aliphatic carbocycles. The van der Waals surface area contributed by atoms with Crippen LogP contribution in [0.2, 0.25) is 0 Å². The van der Waals surface area contributed by atoms with Crippen LogP contribution in [0.25, 0.3) is 0 Å². The molecule has 0 aliphatic rings. The maximum absolute atomic E-state index is 12.6. The molecule has 0 aromatic rings. The second-order valence-electron chi connectivity index (χ2n) is 24.7. The lowest BCUT2D eigenvalue weighted by Crippen LogP contribution is -2.65. The van der Waals surface area contributed by atoms with E-state index in [1.54, 1.807) is 0 Å². The minimum absolute atomic E-state index is 0.0933. The Bertz CT molecular complexity index is 1560. The fourth-order valence-electron chi connectivity index (χ4n) is 11.2. The molecular weight excluding hydrogens is 1030 g/mol. The molecule has 0 amide bonds. The Kier molecular flexibility index (Phi) is 56.2. The summed E-state index contributed by atoms with van der Waals surface area (Å²) in [5.74, 6) is 0. The van der Waals surface area contributed by atoms with Gasteiger partial charge in [-0.25, -0.2) is 0 Å². The van der Waals surface area contributed by atoms with E-state index in [4.69, 9.17) is 5.48 Å². The lowest BCUT2D eigenvalue weighted by atomic mass is 9.73. The fraction of sp³-hybridized carbons (Fsp3) is 0.795. The SMILES string of the molecule is [2H]CCCCC/C=C\C/C=C\CCCCCCCCC(O)[C@](O)(CCCCCCCC/C=C\C/C=C\CCCCC[2H])[C@@H](O)[C@H](O)[C@@](O)(CCCCCCCC/C=C\C/C=C\CCCCC[2H])C(O)CCCCCCCC/C=C\C/C=C\CCCCC[2H]. The monoisotopic (exact) mass is 1180 g/mol. The summed E-state index contributed by atoms with van der Waals surface area (Å²) in [5.41, 5.74) is -4.11. The molecule has 490 valence electrons. The van der Waals surface area contributed by atoms with Crippen LogP contribution in [0, 0.1) is 0 Å². The average molecular weight is 1180 g/mol. The van der Waals surface area contributed by atoms with E-state index in [9.17, 15) is 30.6 Å². The highest BCUT2D eigenvalue weighted by Crippen LogP contribution is 2.36. The molecule has 2 unspecified atom stereocenters. The van der Waals surface area contributed by atoms with Gasteiger partial charge in [-0.2, -0.15) is 0 Å². The van der Waals surface area contributed by atoms with Gasteiger partial charge >= 0.3 is 0 Å². The van der Waals surface area contributed by atoms with Gasteiger partial charge in [0.05, 0.1) is 12.2 Å². The Morgan fingerprint density at radius 2 is 0.440 bits per heavy atom. The summed E-state index contributed by atoms with van der Waals surface area (Å²) in [6.45, 7) is 2.10. The van der Waals surface area contributed by atoms with E-state index in [1.807, 2.05) is 0 Å². The third-order valence-corrected chi connectivity index (χ3v) is 17.0. The Labute approximate surface area is 528 Å². The standard InChI is InChI=1S/C78H142O6/c1-5-9-13-17-21-25-29-33-37-41-45-49-53-57-61-65-69-73(79)77(83,71-67-63-59-55-51-47-43-39-35-31-27-23-19-15-11-7-3)75(81)76(82)78(84,72-68-64-60-56-52-48-44-40-36-32-28-24-20-16-12-8-4)74(80)70-66-62-58-54-50-46-42-38-34-30-26-22-18-14-10-6-2/h21-28,33-40,73-76,79-84H,5-20,29-32,41-72H2,1-4H3/b25-21-,26-22-,27-23-,28-24-,37-33-,38-34-,39-35-,40-36-/t73?,74?,75-,76-,77+,78+/m0/s1/i1D,2D,3D,4D. The summed E-state index contributed by atoms with van der Waals surface area (Å²) in [4.78, 5) is 0. The summed E-state index contributed by atoms with van der Waals surface area (Å²) in [7, 11) is 0. The second kappa shape index (κ2) is 63.7. The number of aliphatic hydroxyl groups is 6. The largest absolute Gasteiger partial charge is 0.390 e. The highest BCUT2D eigenvalue weighted by atomic mass is 16.4. The van der Waals surface area contributed by atoms with Crippen molar-refractivity contribution in [1.29, 1.82) is 0 Å². The molecule has 0 fully saturated rings. The van der Waals surface area contributed by atoms with E-state index >= 15 is 0 Å². The lowest BCUT2D eigenvalue weighted by molar-refractivity contribution is -0.238. The van der Waals surface area contributed by atoms with Gasteiger partial charge in [-0.05, 0) is 154 Å². The van der Waals surface area contributed by atoms with Crippen molar-refractivity contribution in [3.05, 3.63) is 97.2 Å². The molecule has 0 radical (unpaired) electrons. The highest BCUT2D eigenvalue weighted by Gasteiger charge is 2.53. The first-order chi connectivity index (χ1) is 43.1. The molecule has 0 saturated heterocycles.